The maximum Gasteiger partial charge on any atom is 0.132 e. The molecule has 5 heteroatoms. The highest BCUT2D eigenvalue weighted by Crippen LogP contribution is 2.34. The van der Waals surface area contributed by atoms with E-state index in [2.05, 4.69) is 12.2 Å². The summed E-state index contributed by atoms with van der Waals surface area (Å²) < 4.78 is 19.3. The minimum Gasteiger partial charge on any atom is -0.497 e. The van der Waals surface area contributed by atoms with Crippen molar-refractivity contribution in [3.8, 4) is 5.75 Å². The van der Waals surface area contributed by atoms with E-state index in [4.69, 9.17) is 16.3 Å². The molecule has 1 unspecified atom stereocenters. The largest absolute Gasteiger partial charge is 0.497 e. The molecule has 108 valence electrons. The van der Waals surface area contributed by atoms with Crippen molar-refractivity contribution in [2.45, 2.75) is 19.4 Å². The Hall–Kier alpha value is -1.10. The predicted molar refractivity (Wildman–Crippen MR) is 82.4 cm³/mol. The second-order valence-corrected chi connectivity index (χ2v) is 5.76. The Bertz CT molecular complexity index is 573. The maximum absolute atomic E-state index is 14.3. The lowest BCUT2D eigenvalue weighted by Crippen LogP contribution is -2.23. The van der Waals surface area contributed by atoms with E-state index in [0.29, 0.717) is 16.3 Å². The quantitative estimate of drug-likeness (QED) is 0.839. The first-order chi connectivity index (χ1) is 9.67. The molecule has 2 nitrogen and oxygen atoms in total. The predicted octanol–water partition coefficient (Wildman–Crippen LogP) is 4.64. The first-order valence-electron chi connectivity index (χ1n) is 6.47. The van der Waals surface area contributed by atoms with Crippen LogP contribution in [0.4, 0.5) is 4.39 Å². The molecule has 20 heavy (non-hydrogen) atoms. The summed E-state index contributed by atoms with van der Waals surface area (Å²) in [5, 5.41) is 5.93. The molecule has 1 aromatic heterocycles. The molecular weight excluding hydrogens is 297 g/mol. The van der Waals surface area contributed by atoms with E-state index in [-0.39, 0.29) is 11.9 Å². The highest BCUT2D eigenvalue weighted by molar-refractivity contribution is 7.10. The summed E-state index contributed by atoms with van der Waals surface area (Å²) in [4.78, 5) is 0.934. The molecule has 1 atom stereocenters. The fourth-order valence-electron chi connectivity index (χ4n) is 2.01. The van der Waals surface area contributed by atoms with Crippen LogP contribution in [0, 0.1) is 5.82 Å². The number of hydrogen-bond donors (Lipinski definition) is 1. The Morgan fingerprint density at radius 2 is 2.20 bits per heavy atom. The monoisotopic (exact) mass is 313 g/mol. The number of benzene rings is 1. The molecule has 0 aliphatic heterocycles. The molecule has 0 aliphatic carbocycles. The average Bonchev–Trinajstić information content (AvgIpc) is 2.87. The third kappa shape index (κ3) is 3.32. The molecule has 0 fully saturated rings. The van der Waals surface area contributed by atoms with Crippen LogP contribution in [-0.2, 0) is 0 Å². The van der Waals surface area contributed by atoms with Gasteiger partial charge in [-0.15, -0.1) is 11.3 Å². The molecule has 1 heterocycles. The van der Waals surface area contributed by atoms with Gasteiger partial charge >= 0.3 is 0 Å². The van der Waals surface area contributed by atoms with Crippen LogP contribution in [-0.4, -0.2) is 13.7 Å². The molecule has 0 radical (unpaired) electrons. The van der Waals surface area contributed by atoms with Gasteiger partial charge in [0.05, 0.1) is 18.2 Å². The van der Waals surface area contributed by atoms with Crippen molar-refractivity contribution in [2.75, 3.05) is 13.7 Å². The summed E-state index contributed by atoms with van der Waals surface area (Å²) in [6.07, 6.45) is 0.970. The molecule has 1 N–H and O–H groups in total. The summed E-state index contributed by atoms with van der Waals surface area (Å²) in [5.41, 5.74) is 0.587. The summed E-state index contributed by atoms with van der Waals surface area (Å²) >= 11 is 7.73. The lowest BCUT2D eigenvalue weighted by molar-refractivity contribution is 0.410. The molecule has 0 bridgehead atoms. The first-order valence-corrected chi connectivity index (χ1v) is 7.72. The second kappa shape index (κ2) is 7.07. The summed E-state index contributed by atoms with van der Waals surface area (Å²) in [6.45, 7) is 2.87. The van der Waals surface area contributed by atoms with Gasteiger partial charge in [0.2, 0.25) is 0 Å². The van der Waals surface area contributed by atoms with Crippen molar-refractivity contribution in [2.24, 2.45) is 0 Å². The Morgan fingerprint density at radius 1 is 1.40 bits per heavy atom. The number of hydrogen-bond acceptors (Lipinski definition) is 3. The van der Waals surface area contributed by atoms with E-state index in [9.17, 15) is 4.39 Å². The van der Waals surface area contributed by atoms with Crippen LogP contribution in [0.2, 0.25) is 5.02 Å². The molecule has 0 spiro atoms. The number of methoxy groups -OCH3 is 1. The molecule has 2 aromatic rings. The van der Waals surface area contributed by atoms with Gasteiger partial charge in [-0.05, 0) is 30.5 Å². The molecule has 2 rings (SSSR count). The normalized spacial score (nSPS) is 12.4. The Morgan fingerprint density at radius 3 is 2.75 bits per heavy atom. The van der Waals surface area contributed by atoms with Crippen molar-refractivity contribution in [1.29, 1.82) is 0 Å². The van der Waals surface area contributed by atoms with Gasteiger partial charge in [-0.3, -0.25) is 0 Å². The highest BCUT2D eigenvalue weighted by atomic mass is 35.5. The van der Waals surface area contributed by atoms with Crippen molar-refractivity contribution in [1.82, 2.24) is 5.32 Å². The van der Waals surface area contributed by atoms with E-state index >= 15 is 0 Å². The molecule has 0 saturated carbocycles. The van der Waals surface area contributed by atoms with E-state index < -0.39 is 0 Å². The smallest absolute Gasteiger partial charge is 0.132 e. The number of nitrogens with one attached hydrogen (secondary N) is 1. The zero-order valence-electron chi connectivity index (χ0n) is 11.5. The topological polar surface area (TPSA) is 21.3 Å². The van der Waals surface area contributed by atoms with Gasteiger partial charge in [-0.2, -0.15) is 0 Å². The molecule has 0 saturated heterocycles. The molecular formula is C15H17ClFNOS. The lowest BCUT2D eigenvalue weighted by Gasteiger charge is -2.19. The second-order valence-electron chi connectivity index (χ2n) is 4.41. The number of rotatable bonds is 6. The van der Waals surface area contributed by atoms with E-state index in [1.54, 1.807) is 12.1 Å². The third-order valence-electron chi connectivity index (χ3n) is 3.02. The summed E-state index contributed by atoms with van der Waals surface area (Å²) in [7, 11) is 1.53. The standard InChI is InChI=1S/C15H17ClFNOS/c1-3-7-18-14(15-12(16)6-8-20-15)11-5-4-10(19-2)9-13(11)17/h4-6,8-9,14,18H,3,7H2,1-2H3. The van der Waals surface area contributed by atoms with Crippen molar-refractivity contribution in [3.63, 3.8) is 0 Å². The van der Waals surface area contributed by atoms with Crippen molar-refractivity contribution >= 4 is 22.9 Å². The Kier molecular flexibility index (Phi) is 5.40. The SMILES string of the molecule is CCCNC(c1ccc(OC)cc1F)c1sccc1Cl. The zero-order chi connectivity index (χ0) is 14.5. The van der Waals surface area contributed by atoms with Crippen molar-refractivity contribution < 1.29 is 9.13 Å². The van der Waals surface area contributed by atoms with Crippen LogP contribution < -0.4 is 10.1 Å². The minimum absolute atomic E-state index is 0.228. The summed E-state index contributed by atoms with van der Waals surface area (Å²) in [5.74, 6) is 0.222. The minimum atomic E-state index is -0.289. The van der Waals surface area contributed by atoms with Gasteiger partial charge in [-0.25, -0.2) is 4.39 Å². The molecule has 1 aromatic carbocycles. The van der Waals surface area contributed by atoms with Crippen LogP contribution in [0.3, 0.4) is 0 Å². The van der Waals surface area contributed by atoms with Gasteiger partial charge in [0.15, 0.2) is 0 Å². The van der Waals surface area contributed by atoms with Crippen LogP contribution in [0.15, 0.2) is 29.6 Å². The third-order valence-corrected chi connectivity index (χ3v) is 4.45. The van der Waals surface area contributed by atoms with Gasteiger partial charge in [0.1, 0.15) is 11.6 Å². The van der Waals surface area contributed by atoms with E-state index in [0.717, 1.165) is 17.8 Å². The molecule has 0 amide bonds. The Labute approximate surface area is 127 Å². The van der Waals surface area contributed by atoms with Crippen LogP contribution >= 0.6 is 22.9 Å². The van der Waals surface area contributed by atoms with Crippen molar-refractivity contribution in [3.05, 3.63) is 50.9 Å². The van der Waals surface area contributed by atoms with E-state index in [1.165, 1.54) is 24.5 Å². The zero-order valence-corrected chi connectivity index (χ0v) is 13.0. The lowest BCUT2D eigenvalue weighted by atomic mass is 10.0. The first kappa shape index (κ1) is 15.3. The summed E-state index contributed by atoms with van der Waals surface area (Å²) in [6, 6.07) is 6.52. The highest BCUT2D eigenvalue weighted by Gasteiger charge is 2.21. The average molecular weight is 314 g/mol. The van der Waals surface area contributed by atoms with Gasteiger partial charge in [0.25, 0.3) is 0 Å². The maximum atomic E-state index is 14.3. The van der Waals surface area contributed by atoms with E-state index in [1.807, 2.05) is 11.4 Å². The van der Waals surface area contributed by atoms with Crippen LogP contribution in [0.1, 0.15) is 29.8 Å². The molecule has 0 aliphatic rings. The van der Waals surface area contributed by atoms with Crippen LogP contribution in [0.25, 0.3) is 0 Å². The fraction of sp³-hybridized carbons (Fsp3) is 0.333. The number of ether oxygens (including phenoxy) is 1. The fourth-order valence-corrected chi connectivity index (χ4v) is 3.27. The Balaban J connectivity index is 2.38. The number of thiophene rings is 1. The number of halogens is 2. The van der Waals surface area contributed by atoms with Gasteiger partial charge < -0.3 is 10.1 Å². The van der Waals surface area contributed by atoms with Crippen LogP contribution in [0.5, 0.6) is 5.75 Å². The van der Waals surface area contributed by atoms with Gasteiger partial charge in [-0.1, -0.05) is 24.6 Å². The van der Waals surface area contributed by atoms with Gasteiger partial charge in [0, 0.05) is 16.5 Å².